The number of nitrogens with zero attached hydrogens (tertiary/aromatic N) is 1. The van der Waals surface area contributed by atoms with Gasteiger partial charge in [-0.15, -0.1) is 0 Å². The maximum Gasteiger partial charge on any atom is 0.122 e. The third kappa shape index (κ3) is 4.80. The quantitative estimate of drug-likeness (QED) is 0.739. The molecule has 1 saturated heterocycles. The number of para-hydroxylation sites is 1. The smallest absolute Gasteiger partial charge is 0.122 e. The van der Waals surface area contributed by atoms with Crippen LogP contribution in [0, 0.1) is 0 Å². The average Bonchev–Trinajstić information content (AvgIpc) is 2.97. The number of hydrogen-bond donors (Lipinski definition) is 1. The molecule has 2 rings (SSSR count). The van der Waals surface area contributed by atoms with Crippen molar-refractivity contribution in [1.29, 1.82) is 0 Å². The zero-order valence-electron chi connectivity index (χ0n) is 12.9. The van der Waals surface area contributed by atoms with Crippen molar-refractivity contribution in [2.75, 3.05) is 33.3 Å². The van der Waals surface area contributed by atoms with Gasteiger partial charge in [0.1, 0.15) is 5.75 Å². The van der Waals surface area contributed by atoms with Crippen LogP contribution in [-0.2, 0) is 6.42 Å². The molecule has 112 valence electrons. The van der Waals surface area contributed by atoms with Gasteiger partial charge < -0.3 is 15.0 Å². The van der Waals surface area contributed by atoms with E-state index in [4.69, 9.17) is 4.74 Å². The lowest BCUT2D eigenvalue weighted by Crippen LogP contribution is -2.31. The van der Waals surface area contributed by atoms with Crippen LogP contribution in [0.15, 0.2) is 24.3 Å². The second kappa shape index (κ2) is 8.28. The average molecular weight is 276 g/mol. The van der Waals surface area contributed by atoms with Crippen LogP contribution in [-0.4, -0.2) is 44.2 Å². The first-order valence-electron chi connectivity index (χ1n) is 7.87. The van der Waals surface area contributed by atoms with Crippen LogP contribution in [0.2, 0.25) is 0 Å². The highest BCUT2D eigenvalue weighted by Crippen LogP contribution is 2.18. The van der Waals surface area contributed by atoms with Crippen molar-refractivity contribution in [2.45, 2.75) is 38.6 Å². The summed E-state index contributed by atoms with van der Waals surface area (Å²) in [5, 5.41) is 3.62. The molecule has 1 heterocycles. The number of benzene rings is 1. The first kappa shape index (κ1) is 15.3. The van der Waals surface area contributed by atoms with E-state index in [0.717, 1.165) is 18.7 Å². The van der Waals surface area contributed by atoms with E-state index in [2.05, 4.69) is 29.3 Å². The minimum atomic E-state index is 0.491. The van der Waals surface area contributed by atoms with Crippen molar-refractivity contribution in [3.63, 3.8) is 0 Å². The van der Waals surface area contributed by atoms with E-state index in [9.17, 15) is 0 Å². The summed E-state index contributed by atoms with van der Waals surface area (Å²) in [6.45, 7) is 7.21. The molecule has 0 amide bonds. The summed E-state index contributed by atoms with van der Waals surface area (Å²) in [5.74, 6) is 0.998. The molecule has 1 aromatic rings. The highest BCUT2D eigenvalue weighted by Gasteiger charge is 2.11. The van der Waals surface area contributed by atoms with Crippen LogP contribution >= 0.6 is 0 Å². The number of rotatable bonds is 8. The van der Waals surface area contributed by atoms with Crippen LogP contribution in [0.5, 0.6) is 5.75 Å². The topological polar surface area (TPSA) is 24.5 Å². The van der Waals surface area contributed by atoms with Crippen LogP contribution in [0.3, 0.4) is 0 Å². The predicted molar refractivity (Wildman–Crippen MR) is 84.5 cm³/mol. The fraction of sp³-hybridized carbons (Fsp3) is 0.647. The van der Waals surface area contributed by atoms with E-state index >= 15 is 0 Å². The molecule has 1 atom stereocenters. The third-order valence-electron chi connectivity index (χ3n) is 4.06. The monoisotopic (exact) mass is 276 g/mol. The summed E-state index contributed by atoms with van der Waals surface area (Å²) in [5.41, 5.74) is 1.29. The predicted octanol–water partition coefficient (Wildman–Crippen LogP) is 2.70. The maximum atomic E-state index is 5.40. The van der Waals surface area contributed by atoms with E-state index in [1.165, 1.54) is 44.5 Å². The zero-order chi connectivity index (χ0) is 14.2. The van der Waals surface area contributed by atoms with Gasteiger partial charge >= 0.3 is 0 Å². The first-order valence-corrected chi connectivity index (χ1v) is 7.87. The van der Waals surface area contributed by atoms with Gasteiger partial charge in [-0.3, -0.25) is 0 Å². The molecule has 1 N–H and O–H groups in total. The Morgan fingerprint density at radius 1 is 1.25 bits per heavy atom. The SMILES string of the molecule is COc1ccccc1CC(C)NCCCN1CCCC1. The molecule has 20 heavy (non-hydrogen) atoms. The second-order valence-corrected chi connectivity index (χ2v) is 5.77. The lowest BCUT2D eigenvalue weighted by atomic mass is 10.1. The Morgan fingerprint density at radius 3 is 2.75 bits per heavy atom. The van der Waals surface area contributed by atoms with Crippen LogP contribution in [0.25, 0.3) is 0 Å². The molecule has 0 saturated carbocycles. The summed E-state index contributed by atoms with van der Waals surface area (Å²) >= 11 is 0. The Kier molecular flexibility index (Phi) is 6.34. The van der Waals surface area contributed by atoms with Crippen LogP contribution in [0.4, 0.5) is 0 Å². The van der Waals surface area contributed by atoms with Crippen LogP contribution in [0.1, 0.15) is 31.7 Å². The van der Waals surface area contributed by atoms with Gasteiger partial charge in [-0.05, 0) is 70.4 Å². The molecule has 3 heteroatoms. The van der Waals surface area contributed by atoms with Gasteiger partial charge in [0.15, 0.2) is 0 Å². The normalized spacial score (nSPS) is 17.3. The van der Waals surface area contributed by atoms with Crippen molar-refractivity contribution in [2.24, 2.45) is 0 Å². The number of methoxy groups -OCH3 is 1. The summed E-state index contributed by atoms with van der Waals surface area (Å²) in [4.78, 5) is 2.58. The fourth-order valence-electron chi connectivity index (χ4n) is 2.93. The zero-order valence-corrected chi connectivity index (χ0v) is 12.9. The van der Waals surface area contributed by atoms with Gasteiger partial charge in [0, 0.05) is 6.04 Å². The molecular formula is C17H28N2O. The molecular weight excluding hydrogens is 248 g/mol. The lowest BCUT2D eigenvalue weighted by molar-refractivity contribution is 0.328. The fourth-order valence-corrected chi connectivity index (χ4v) is 2.93. The lowest BCUT2D eigenvalue weighted by Gasteiger charge is -2.18. The highest BCUT2D eigenvalue weighted by molar-refractivity contribution is 5.33. The molecule has 1 aliphatic rings. The molecule has 0 radical (unpaired) electrons. The summed E-state index contributed by atoms with van der Waals surface area (Å²) < 4.78 is 5.40. The molecule has 1 unspecified atom stereocenters. The molecule has 1 fully saturated rings. The van der Waals surface area contributed by atoms with Crippen molar-refractivity contribution < 1.29 is 4.74 Å². The van der Waals surface area contributed by atoms with Crippen molar-refractivity contribution in [3.8, 4) is 5.75 Å². The van der Waals surface area contributed by atoms with E-state index < -0.39 is 0 Å². The molecule has 1 aromatic carbocycles. The van der Waals surface area contributed by atoms with Gasteiger partial charge in [0.25, 0.3) is 0 Å². The Balaban J connectivity index is 1.65. The largest absolute Gasteiger partial charge is 0.496 e. The Bertz CT molecular complexity index is 388. The van der Waals surface area contributed by atoms with E-state index in [0.29, 0.717) is 6.04 Å². The Morgan fingerprint density at radius 2 is 2.00 bits per heavy atom. The Labute approximate surface area is 123 Å². The third-order valence-corrected chi connectivity index (χ3v) is 4.06. The molecule has 1 aliphatic heterocycles. The molecule has 0 bridgehead atoms. The minimum absolute atomic E-state index is 0.491. The molecule has 3 nitrogen and oxygen atoms in total. The van der Waals surface area contributed by atoms with Gasteiger partial charge in [0.05, 0.1) is 7.11 Å². The minimum Gasteiger partial charge on any atom is -0.496 e. The Hall–Kier alpha value is -1.06. The van der Waals surface area contributed by atoms with Gasteiger partial charge in [-0.1, -0.05) is 18.2 Å². The van der Waals surface area contributed by atoms with E-state index in [-0.39, 0.29) is 0 Å². The molecule has 0 aliphatic carbocycles. The number of hydrogen-bond acceptors (Lipinski definition) is 3. The van der Waals surface area contributed by atoms with Crippen molar-refractivity contribution >= 4 is 0 Å². The molecule has 0 aromatic heterocycles. The summed E-state index contributed by atoms with van der Waals surface area (Å²) in [7, 11) is 1.74. The van der Waals surface area contributed by atoms with Crippen molar-refractivity contribution in [3.05, 3.63) is 29.8 Å². The number of nitrogens with one attached hydrogen (secondary N) is 1. The van der Waals surface area contributed by atoms with E-state index in [1.807, 2.05) is 12.1 Å². The number of likely N-dealkylation sites (tertiary alicyclic amines) is 1. The second-order valence-electron chi connectivity index (χ2n) is 5.77. The standard InChI is InChI=1S/C17H28N2O/c1-15(14-16-8-3-4-9-17(16)20-2)18-10-7-13-19-11-5-6-12-19/h3-4,8-9,15,18H,5-7,10-14H2,1-2H3. The first-order chi connectivity index (χ1) is 9.79. The summed E-state index contributed by atoms with van der Waals surface area (Å²) in [6.07, 6.45) is 5.04. The van der Waals surface area contributed by atoms with Crippen LogP contribution < -0.4 is 10.1 Å². The van der Waals surface area contributed by atoms with Crippen molar-refractivity contribution in [1.82, 2.24) is 10.2 Å². The maximum absolute atomic E-state index is 5.40. The highest BCUT2D eigenvalue weighted by atomic mass is 16.5. The van der Waals surface area contributed by atoms with Gasteiger partial charge in [0.2, 0.25) is 0 Å². The van der Waals surface area contributed by atoms with Gasteiger partial charge in [-0.25, -0.2) is 0 Å². The van der Waals surface area contributed by atoms with E-state index in [1.54, 1.807) is 7.11 Å². The number of ether oxygens (including phenoxy) is 1. The summed E-state index contributed by atoms with van der Waals surface area (Å²) in [6, 6.07) is 8.79. The van der Waals surface area contributed by atoms with Gasteiger partial charge in [-0.2, -0.15) is 0 Å². The molecule has 0 spiro atoms.